The van der Waals surface area contributed by atoms with E-state index in [-0.39, 0.29) is 12.8 Å². The molecule has 0 bridgehead atoms. The third kappa shape index (κ3) is 3.49. The molecule has 0 fully saturated rings. The van der Waals surface area contributed by atoms with Crippen LogP contribution < -0.4 is 11.1 Å². The van der Waals surface area contributed by atoms with E-state index in [9.17, 15) is 14.4 Å². The van der Waals surface area contributed by atoms with Gasteiger partial charge in [0.15, 0.2) is 0 Å². The van der Waals surface area contributed by atoms with Gasteiger partial charge in [0, 0.05) is 0 Å². The minimum Gasteiger partial charge on any atom is -0.465 e. The van der Waals surface area contributed by atoms with Crippen molar-refractivity contribution in [3.05, 3.63) is 12.2 Å². The topological polar surface area (TPSA) is 119 Å². The Labute approximate surface area is 117 Å². The molecule has 112 valence electrons. The molecule has 0 aliphatic heterocycles. The van der Waals surface area contributed by atoms with Crippen LogP contribution in [0.15, 0.2) is 12.2 Å². The molecule has 7 nitrogen and oxygen atoms in total. The average molecular weight is 284 g/mol. The number of ether oxygens (including phenoxy) is 1. The van der Waals surface area contributed by atoms with Crippen molar-refractivity contribution >= 4 is 18.0 Å². The van der Waals surface area contributed by atoms with E-state index in [4.69, 9.17) is 15.6 Å². The predicted molar refractivity (Wildman–Crippen MR) is 70.8 cm³/mol. The Morgan fingerprint density at radius 2 is 1.95 bits per heavy atom. The fraction of sp³-hybridized carbons (Fsp3) is 0.615. The van der Waals surface area contributed by atoms with Gasteiger partial charge in [-0.25, -0.2) is 4.79 Å². The molecular weight excluding hydrogens is 264 g/mol. The lowest BCUT2D eigenvalue weighted by Crippen LogP contribution is -2.64. The molecule has 2 atom stereocenters. The monoisotopic (exact) mass is 284 g/mol. The van der Waals surface area contributed by atoms with Gasteiger partial charge in [0.2, 0.25) is 5.91 Å². The largest absolute Gasteiger partial charge is 0.465 e. The molecule has 2 amide bonds. The van der Waals surface area contributed by atoms with Crippen molar-refractivity contribution < 1.29 is 24.2 Å². The molecule has 4 N–H and O–H groups in total. The van der Waals surface area contributed by atoms with Gasteiger partial charge in [0.25, 0.3) is 0 Å². The maximum absolute atomic E-state index is 12.2. The number of carbonyl (C=O) groups is 3. The van der Waals surface area contributed by atoms with Crippen LogP contribution in [0.25, 0.3) is 0 Å². The highest BCUT2D eigenvalue weighted by Crippen LogP contribution is 2.32. The molecule has 0 heterocycles. The fourth-order valence-electron chi connectivity index (χ4n) is 2.18. The summed E-state index contributed by atoms with van der Waals surface area (Å²) in [5, 5.41) is 11.0. The van der Waals surface area contributed by atoms with Crippen molar-refractivity contribution in [1.82, 2.24) is 5.32 Å². The van der Waals surface area contributed by atoms with E-state index in [1.807, 2.05) is 0 Å². The summed E-state index contributed by atoms with van der Waals surface area (Å²) in [7, 11) is 0. The van der Waals surface area contributed by atoms with E-state index in [0.29, 0.717) is 0 Å². The number of carbonyl (C=O) groups excluding carboxylic acids is 2. The van der Waals surface area contributed by atoms with Gasteiger partial charge >= 0.3 is 12.1 Å². The van der Waals surface area contributed by atoms with Crippen LogP contribution in [-0.2, 0) is 14.3 Å². The summed E-state index contributed by atoms with van der Waals surface area (Å²) in [6.07, 6.45) is 2.14. The molecule has 0 unspecified atom stereocenters. The van der Waals surface area contributed by atoms with Crippen LogP contribution in [0.3, 0.4) is 0 Å². The van der Waals surface area contributed by atoms with Gasteiger partial charge in [0.1, 0.15) is 11.1 Å². The zero-order chi connectivity index (χ0) is 15.6. The molecule has 0 saturated carbocycles. The lowest BCUT2D eigenvalue weighted by atomic mass is 9.75. The van der Waals surface area contributed by atoms with Gasteiger partial charge in [-0.2, -0.15) is 0 Å². The number of nitrogens with two attached hydrogens (primary N) is 1. The van der Waals surface area contributed by atoms with Crippen molar-refractivity contribution in [3.8, 4) is 0 Å². The summed E-state index contributed by atoms with van der Waals surface area (Å²) in [5.74, 6) is -2.50. The Hall–Kier alpha value is -2.05. The standard InChI is InChI=1S/C13H20N2O5/c1-12(2,3)20-9(16)8-6-4-5-7-13(8,10(14)17)15-11(18)19/h4-5,8,15H,6-7H2,1-3H3,(H2,14,17)(H,18,19)/t8-,13-/m1/s1. The summed E-state index contributed by atoms with van der Waals surface area (Å²) >= 11 is 0. The first kappa shape index (κ1) is 16.0. The minimum absolute atomic E-state index is 0.0263. The van der Waals surface area contributed by atoms with E-state index >= 15 is 0 Å². The summed E-state index contributed by atoms with van der Waals surface area (Å²) in [6, 6.07) is 0. The van der Waals surface area contributed by atoms with Crippen molar-refractivity contribution in [1.29, 1.82) is 0 Å². The Balaban J connectivity index is 3.12. The first-order chi connectivity index (χ1) is 9.08. The van der Waals surface area contributed by atoms with E-state index in [1.165, 1.54) is 0 Å². The number of allylic oxidation sites excluding steroid dienone is 1. The molecular formula is C13H20N2O5. The van der Waals surface area contributed by atoms with Crippen molar-refractivity contribution in [2.75, 3.05) is 0 Å². The number of hydrogen-bond acceptors (Lipinski definition) is 4. The Morgan fingerprint density at radius 3 is 2.40 bits per heavy atom. The van der Waals surface area contributed by atoms with Crippen LogP contribution in [0.4, 0.5) is 4.79 Å². The molecule has 0 aromatic heterocycles. The van der Waals surface area contributed by atoms with Crippen LogP contribution in [0.1, 0.15) is 33.6 Å². The van der Waals surface area contributed by atoms with Crippen LogP contribution in [0.5, 0.6) is 0 Å². The van der Waals surface area contributed by atoms with Gasteiger partial charge in [-0.05, 0) is 33.6 Å². The van der Waals surface area contributed by atoms with Crippen LogP contribution >= 0.6 is 0 Å². The number of amides is 2. The number of carboxylic acid groups (broad SMARTS) is 1. The number of esters is 1. The summed E-state index contributed by atoms with van der Waals surface area (Å²) in [6.45, 7) is 5.08. The van der Waals surface area contributed by atoms with E-state index < -0.39 is 35.0 Å². The number of nitrogens with one attached hydrogen (secondary N) is 1. The quantitative estimate of drug-likeness (QED) is 0.523. The van der Waals surface area contributed by atoms with Crippen molar-refractivity contribution in [2.45, 2.75) is 44.8 Å². The van der Waals surface area contributed by atoms with Gasteiger partial charge in [-0.15, -0.1) is 0 Å². The highest BCUT2D eigenvalue weighted by Gasteiger charge is 2.50. The Bertz CT molecular complexity index is 452. The maximum atomic E-state index is 12.2. The van der Waals surface area contributed by atoms with Gasteiger partial charge in [-0.1, -0.05) is 12.2 Å². The zero-order valence-corrected chi connectivity index (χ0v) is 11.8. The molecule has 0 spiro atoms. The molecule has 0 saturated heterocycles. The van der Waals surface area contributed by atoms with Gasteiger partial charge < -0.3 is 20.9 Å². The molecule has 1 rings (SSSR count). The smallest absolute Gasteiger partial charge is 0.405 e. The molecule has 0 aromatic rings. The first-order valence-electron chi connectivity index (χ1n) is 6.27. The lowest BCUT2D eigenvalue weighted by molar-refractivity contribution is -0.165. The SMILES string of the molecule is CC(C)(C)OC(=O)[C@H]1CC=CC[C@]1(NC(=O)O)C(N)=O. The fourth-order valence-corrected chi connectivity index (χ4v) is 2.18. The Kier molecular flexibility index (Phi) is 4.42. The number of rotatable bonds is 3. The third-order valence-electron chi connectivity index (χ3n) is 3.03. The van der Waals surface area contributed by atoms with Crippen LogP contribution in [0, 0.1) is 5.92 Å². The predicted octanol–water partition coefficient (Wildman–Crippen LogP) is 0.786. The second kappa shape index (κ2) is 5.52. The molecule has 7 heteroatoms. The number of primary amides is 1. The van der Waals surface area contributed by atoms with Gasteiger partial charge in [-0.3, -0.25) is 9.59 Å². The number of hydrogen-bond donors (Lipinski definition) is 3. The van der Waals surface area contributed by atoms with Crippen LogP contribution in [0.2, 0.25) is 0 Å². The first-order valence-corrected chi connectivity index (χ1v) is 6.27. The highest BCUT2D eigenvalue weighted by molar-refractivity contribution is 5.94. The molecule has 0 radical (unpaired) electrons. The summed E-state index contributed by atoms with van der Waals surface area (Å²) < 4.78 is 5.25. The minimum atomic E-state index is -1.66. The molecule has 0 aromatic carbocycles. The third-order valence-corrected chi connectivity index (χ3v) is 3.03. The second-order valence-corrected chi connectivity index (χ2v) is 5.76. The summed E-state index contributed by atoms with van der Waals surface area (Å²) in [4.78, 5) is 34.9. The normalized spacial score (nSPS) is 25.9. The van der Waals surface area contributed by atoms with Crippen molar-refractivity contribution in [2.24, 2.45) is 11.7 Å². The Morgan fingerprint density at radius 1 is 1.35 bits per heavy atom. The zero-order valence-electron chi connectivity index (χ0n) is 11.8. The second-order valence-electron chi connectivity index (χ2n) is 5.76. The molecule has 20 heavy (non-hydrogen) atoms. The van der Waals surface area contributed by atoms with E-state index in [2.05, 4.69) is 5.32 Å². The van der Waals surface area contributed by atoms with Crippen molar-refractivity contribution in [3.63, 3.8) is 0 Å². The van der Waals surface area contributed by atoms with E-state index in [1.54, 1.807) is 32.9 Å². The highest BCUT2D eigenvalue weighted by atomic mass is 16.6. The van der Waals surface area contributed by atoms with Crippen LogP contribution in [-0.4, -0.2) is 34.2 Å². The molecule has 1 aliphatic rings. The summed E-state index contributed by atoms with van der Waals surface area (Å²) in [5.41, 5.74) is 2.94. The average Bonchev–Trinajstić information content (AvgIpc) is 2.25. The van der Waals surface area contributed by atoms with E-state index in [0.717, 1.165) is 0 Å². The van der Waals surface area contributed by atoms with Gasteiger partial charge in [0.05, 0.1) is 5.92 Å². The maximum Gasteiger partial charge on any atom is 0.405 e. The lowest BCUT2D eigenvalue weighted by Gasteiger charge is -2.38. The molecule has 1 aliphatic carbocycles.